The number of alkyl halides is 1. The molecule has 1 aromatic heterocycles. The lowest BCUT2D eigenvalue weighted by Gasteiger charge is -1.95. The van der Waals surface area contributed by atoms with Crippen molar-refractivity contribution in [2.45, 2.75) is 13.3 Å². The van der Waals surface area contributed by atoms with Crippen LogP contribution in [0.2, 0.25) is 0 Å². The molecule has 4 heteroatoms. The van der Waals surface area contributed by atoms with E-state index < -0.39 is 6.67 Å². The van der Waals surface area contributed by atoms with Crippen LogP contribution in [-0.2, 0) is 0 Å². The van der Waals surface area contributed by atoms with Crippen LogP contribution >= 0.6 is 11.3 Å². The van der Waals surface area contributed by atoms with E-state index in [1.807, 2.05) is 13.0 Å². The number of hydrogen-bond donors (Lipinski definition) is 1. The summed E-state index contributed by atoms with van der Waals surface area (Å²) in [6, 6.07) is 3.43. The van der Waals surface area contributed by atoms with E-state index in [0.717, 1.165) is 9.71 Å². The van der Waals surface area contributed by atoms with Gasteiger partial charge >= 0.3 is 0 Å². The molecule has 1 aromatic carbocycles. The highest BCUT2D eigenvalue weighted by Crippen LogP contribution is 2.29. The van der Waals surface area contributed by atoms with Crippen molar-refractivity contribution in [3.05, 3.63) is 22.7 Å². The number of aryl methyl sites for hydroxylation is 1. The van der Waals surface area contributed by atoms with E-state index in [4.69, 9.17) is 0 Å². The van der Waals surface area contributed by atoms with Crippen molar-refractivity contribution in [2.75, 3.05) is 6.67 Å². The van der Waals surface area contributed by atoms with Crippen molar-refractivity contribution in [2.24, 2.45) is 0 Å². The number of phenols is 1. The van der Waals surface area contributed by atoms with Crippen molar-refractivity contribution in [1.82, 2.24) is 4.98 Å². The Morgan fingerprint density at radius 1 is 1.50 bits per heavy atom. The van der Waals surface area contributed by atoms with Gasteiger partial charge in [0.1, 0.15) is 17.9 Å². The topological polar surface area (TPSA) is 33.1 Å². The number of hydrogen-bond acceptors (Lipinski definition) is 3. The van der Waals surface area contributed by atoms with Gasteiger partial charge in [-0.05, 0) is 19.1 Å². The van der Waals surface area contributed by atoms with Crippen LogP contribution in [0.5, 0.6) is 5.75 Å². The highest BCUT2D eigenvalue weighted by molar-refractivity contribution is 7.18. The summed E-state index contributed by atoms with van der Waals surface area (Å²) in [5, 5.41) is 10.6. The normalized spacial score (nSPS) is 10.1. The van der Waals surface area contributed by atoms with Crippen molar-refractivity contribution in [3.8, 4) is 17.6 Å². The molecule has 16 heavy (non-hydrogen) atoms. The lowest BCUT2D eigenvalue weighted by atomic mass is 10.2. The van der Waals surface area contributed by atoms with Crippen LogP contribution < -0.4 is 0 Å². The van der Waals surface area contributed by atoms with Crippen LogP contribution in [0, 0.1) is 18.8 Å². The Bertz CT molecular complexity index is 580. The standard InChI is InChI=1S/C12H10FNOS/c1-8-14-12-10(15)6-9(4-2-3-5-13)7-11(12)16-8/h6-7,15H,3,5H2,1H3. The van der Waals surface area contributed by atoms with Crippen LogP contribution in [0.15, 0.2) is 12.1 Å². The maximum absolute atomic E-state index is 11.9. The summed E-state index contributed by atoms with van der Waals surface area (Å²) in [6.45, 7) is 1.44. The summed E-state index contributed by atoms with van der Waals surface area (Å²) >= 11 is 1.51. The first-order chi connectivity index (χ1) is 7.70. The largest absolute Gasteiger partial charge is 0.506 e. The van der Waals surface area contributed by atoms with Gasteiger partial charge in [0.15, 0.2) is 0 Å². The number of halogens is 1. The molecule has 0 spiro atoms. The van der Waals surface area contributed by atoms with Gasteiger partial charge in [-0.15, -0.1) is 11.3 Å². The Kier molecular flexibility index (Phi) is 3.07. The van der Waals surface area contributed by atoms with Gasteiger partial charge in [-0.1, -0.05) is 11.8 Å². The first-order valence-electron chi connectivity index (χ1n) is 4.85. The first-order valence-corrected chi connectivity index (χ1v) is 5.67. The monoisotopic (exact) mass is 235 g/mol. The molecule has 1 N–H and O–H groups in total. The highest BCUT2D eigenvalue weighted by atomic mass is 32.1. The Balaban J connectivity index is 2.46. The van der Waals surface area contributed by atoms with Gasteiger partial charge in [0.2, 0.25) is 0 Å². The van der Waals surface area contributed by atoms with Crippen molar-refractivity contribution >= 4 is 21.6 Å². The zero-order valence-electron chi connectivity index (χ0n) is 8.75. The van der Waals surface area contributed by atoms with Gasteiger partial charge in [-0.3, -0.25) is 4.39 Å². The lowest BCUT2D eigenvalue weighted by Crippen LogP contribution is -1.77. The molecule has 1 heterocycles. The smallest absolute Gasteiger partial charge is 0.143 e. The van der Waals surface area contributed by atoms with E-state index in [-0.39, 0.29) is 12.2 Å². The Morgan fingerprint density at radius 3 is 3.06 bits per heavy atom. The number of fused-ring (bicyclic) bond motifs is 1. The zero-order valence-corrected chi connectivity index (χ0v) is 9.57. The Hall–Kier alpha value is -1.60. The van der Waals surface area contributed by atoms with E-state index in [0.29, 0.717) is 11.1 Å². The molecule has 0 aliphatic rings. The zero-order chi connectivity index (χ0) is 11.5. The fourth-order valence-electron chi connectivity index (χ4n) is 1.41. The second kappa shape index (κ2) is 4.50. The molecular weight excluding hydrogens is 225 g/mol. The average molecular weight is 235 g/mol. The number of benzene rings is 1. The Labute approximate surface area is 96.8 Å². The number of phenolic OH excluding ortho intramolecular Hbond substituents is 1. The number of nitrogens with zero attached hydrogens (tertiary/aromatic N) is 1. The predicted molar refractivity (Wildman–Crippen MR) is 63.5 cm³/mol. The summed E-state index contributed by atoms with van der Waals surface area (Å²) in [5.41, 5.74) is 1.31. The fourth-order valence-corrected chi connectivity index (χ4v) is 2.29. The molecule has 0 radical (unpaired) electrons. The third-order valence-electron chi connectivity index (χ3n) is 2.03. The fraction of sp³-hybridized carbons (Fsp3) is 0.250. The van der Waals surface area contributed by atoms with Crippen molar-refractivity contribution < 1.29 is 9.50 Å². The van der Waals surface area contributed by atoms with E-state index in [1.54, 1.807) is 6.07 Å². The van der Waals surface area contributed by atoms with Crippen LogP contribution in [-0.4, -0.2) is 16.8 Å². The van der Waals surface area contributed by atoms with E-state index in [2.05, 4.69) is 16.8 Å². The molecule has 0 amide bonds. The minimum absolute atomic E-state index is 0.131. The van der Waals surface area contributed by atoms with Gasteiger partial charge in [-0.25, -0.2) is 4.98 Å². The minimum Gasteiger partial charge on any atom is -0.506 e. The molecule has 0 unspecified atom stereocenters. The molecule has 0 atom stereocenters. The first kappa shape index (κ1) is 10.9. The minimum atomic E-state index is -0.444. The number of rotatable bonds is 1. The van der Waals surface area contributed by atoms with Gasteiger partial charge < -0.3 is 5.11 Å². The van der Waals surface area contributed by atoms with Crippen molar-refractivity contribution in [1.29, 1.82) is 0 Å². The quantitative estimate of drug-likeness (QED) is 0.771. The molecular formula is C12H10FNOS. The molecule has 82 valence electrons. The van der Waals surface area contributed by atoms with Crippen LogP contribution in [0.3, 0.4) is 0 Å². The molecule has 0 aliphatic heterocycles. The third kappa shape index (κ3) is 2.15. The van der Waals surface area contributed by atoms with Crippen LogP contribution in [0.25, 0.3) is 10.2 Å². The lowest BCUT2D eigenvalue weighted by molar-refractivity contribution is 0.480. The molecule has 0 fully saturated rings. The van der Waals surface area contributed by atoms with Gasteiger partial charge in [-0.2, -0.15) is 0 Å². The summed E-state index contributed by atoms with van der Waals surface area (Å²) in [4.78, 5) is 4.21. The van der Waals surface area contributed by atoms with E-state index in [9.17, 15) is 9.50 Å². The van der Waals surface area contributed by atoms with Gasteiger partial charge in [0.05, 0.1) is 9.71 Å². The van der Waals surface area contributed by atoms with Crippen LogP contribution in [0.1, 0.15) is 17.0 Å². The number of aromatic nitrogens is 1. The second-order valence-corrected chi connectivity index (χ2v) is 4.55. The molecule has 0 bridgehead atoms. The van der Waals surface area contributed by atoms with Crippen molar-refractivity contribution in [3.63, 3.8) is 0 Å². The molecule has 2 aromatic rings. The summed E-state index contributed by atoms with van der Waals surface area (Å²) in [5.74, 6) is 5.65. The van der Waals surface area contributed by atoms with E-state index >= 15 is 0 Å². The average Bonchev–Trinajstić information content (AvgIpc) is 2.60. The predicted octanol–water partition coefficient (Wildman–Crippen LogP) is 3.02. The second-order valence-electron chi connectivity index (χ2n) is 3.32. The maximum atomic E-state index is 11.9. The van der Waals surface area contributed by atoms with Gasteiger partial charge in [0.25, 0.3) is 0 Å². The van der Waals surface area contributed by atoms with Crippen LogP contribution in [0.4, 0.5) is 4.39 Å². The number of aromatic hydroxyl groups is 1. The number of thiazole rings is 1. The van der Waals surface area contributed by atoms with E-state index in [1.165, 1.54) is 11.3 Å². The van der Waals surface area contributed by atoms with Gasteiger partial charge in [0, 0.05) is 12.0 Å². The maximum Gasteiger partial charge on any atom is 0.143 e. The highest BCUT2D eigenvalue weighted by Gasteiger charge is 2.06. The molecule has 0 saturated carbocycles. The Morgan fingerprint density at radius 2 is 2.31 bits per heavy atom. The third-order valence-corrected chi connectivity index (χ3v) is 2.95. The summed E-state index contributed by atoms with van der Waals surface area (Å²) < 4.78 is 12.8. The molecule has 2 nitrogen and oxygen atoms in total. The molecule has 0 aliphatic carbocycles. The molecule has 0 saturated heterocycles. The SMILES string of the molecule is Cc1nc2c(O)cc(C#CCCF)cc2s1. The molecule has 2 rings (SSSR count). The summed E-state index contributed by atoms with van der Waals surface area (Å²) in [7, 11) is 0. The summed E-state index contributed by atoms with van der Waals surface area (Å²) in [6.07, 6.45) is 0.223.